The number of carbonyl (C=O) groups is 2. The molecule has 0 aromatic heterocycles. The van der Waals surface area contributed by atoms with Gasteiger partial charge in [-0.2, -0.15) is 5.26 Å². The van der Waals surface area contributed by atoms with Crippen LogP contribution in [0.4, 0.5) is 4.79 Å². The van der Waals surface area contributed by atoms with Gasteiger partial charge in [-0.15, -0.1) is 0 Å². The van der Waals surface area contributed by atoms with Crippen molar-refractivity contribution in [1.82, 2.24) is 4.90 Å². The van der Waals surface area contributed by atoms with Crippen LogP contribution in [-0.2, 0) is 11.3 Å². The average molecular weight is 355 g/mol. The number of hydrogen-bond donors (Lipinski definition) is 0. The maximum atomic E-state index is 12.5. The van der Waals surface area contributed by atoms with Crippen molar-refractivity contribution < 1.29 is 9.59 Å². The van der Waals surface area contributed by atoms with Crippen molar-refractivity contribution >= 4 is 40.6 Å². The molecule has 0 aliphatic carbocycles. The number of amides is 2. The molecule has 2 amide bonds. The minimum absolute atomic E-state index is 0.190. The molecule has 24 heavy (non-hydrogen) atoms. The summed E-state index contributed by atoms with van der Waals surface area (Å²) in [5.74, 6) is -0.325. The number of imide groups is 1. The number of benzene rings is 2. The number of hydrogen-bond acceptors (Lipinski definition) is 4. The van der Waals surface area contributed by atoms with Gasteiger partial charge in [-0.1, -0.05) is 35.9 Å². The number of nitriles is 1. The molecule has 0 unspecified atom stereocenters. The van der Waals surface area contributed by atoms with Gasteiger partial charge >= 0.3 is 0 Å². The van der Waals surface area contributed by atoms with E-state index in [1.54, 1.807) is 48.5 Å². The first-order valence-corrected chi connectivity index (χ1v) is 8.26. The molecular weight excluding hydrogens is 344 g/mol. The van der Waals surface area contributed by atoms with Crippen LogP contribution in [0.3, 0.4) is 0 Å². The fraction of sp³-hybridized carbons (Fsp3) is 0.0556. The zero-order valence-electron chi connectivity index (χ0n) is 12.4. The number of nitrogens with zero attached hydrogens (tertiary/aromatic N) is 2. The zero-order valence-corrected chi connectivity index (χ0v) is 14.0. The molecule has 1 saturated heterocycles. The second-order valence-electron chi connectivity index (χ2n) is 5.13. The SMILES string of the molecule is N#Cc1ccc(/C=C2\SC(=O)N(Cc3cccc(Cl)c3)C2=O)cc1. The number of thioether (sulfide) groups is 1. The fourth-order valence-electron chi connectivity index (χ4n) is 2.26. The van der Waals surface area contributed by atoms with E-state index in [1.807, 2.05) is 12.1 Å². The van der Waals surface area contributed by atoms with Crippen molar-refractivity contribution in [2.45, 2.75) is 6.54 Å². The van der Waals surface area contributed by atoms with Crippen LogP contribution in [0.2, 0.25) is 5.02 Å². The summed E-state index contributed by atoms with van der Waals surface area (Å²) >= 11 is 6.85. The Morgan fingerprint density at radius 2 is 1.92 bits per heavy atom. The topological polar surface area (TPSA) is 61.2 Å². The Kier molecular flexibility index (Phi) is 4.70. The van der Waals surface area contributed by atoms with Crippen LogP contribution < -0.4 is 0 Å². The average Bonchev–Trinajstić information content (AvgIpc) is 2.83. The summed E-state index contributed by atoms with van der Waals surface area (Å²) in [6, 6.07) is 15.9. The zero-order chi connectivity index (χ0) is 17.1. The van der Waals surface area contributed by atoms with Gasteiger partial charge in [0.1, 0.15) is 0 Å². The van der Waals surface area contributed by atoms with E-state index in [1.165, 1.54) is 4.90 Å². The van der Waals surface area contributed by atoms with E-state index in [0.29, 0.717) is 15.5 Å². The second kappa shape index (κ2) is 6.91. The first kappa shape index (κ1) is 16.3. The predicted molar refractivity (Wildman–Crippen MR) is 94.1 cm³/mol. The van der Waals surface area contributed by atoms with Crippen LogP contribution in [0.5, 0.6) is 0 Å². The molecule has 3 rings (SSSR count). The van der Waals surface area contributed by atoms with E-state index in [4.69, 9.17) is 16.9 Å². The van der Waals surface area contributed by atoms with Gasteiger partial charge in [0, 0.05) is 5.02 Å². The lowest BCUT2D eigenvalue weighted by atomic mass is 10.1. The van der Waals surface area contributed by atoms with Crippen LogP contribution in [0.1, 0.15) is 16.7 Å². The highest BCUT2D eigenvalue weighted by atomic mass is 35.5. The summed E-state index contributed by atoms with van der Waals surface area (Å²) in [5.41, 5.74) is 2.10. The Bertz CT molecular complexity index is 885. The Hall–Kier alpha value is -2.55. The molecular formula is C18H11ClN2O2S. The van der Waals surface area contributed by atoms with Gasteiger partial charge in [-0.05, 0) is 53.2 Å². The first-order chi connectivity index (χ1) is 11.6. The lowest BCUT2D eigenvalue weighted by Gasteiger charge is -2.12. The van der Waals surface area contributed by atoms with E-state index in [-0.39, 0.29) is 17.7 Å². The van der Waals surface area contributed by atoms with Crippen molar-refractivity contribution in [2.24, 2.45) is 0 Å². The quantitative estimate of drug-likeness (QED) is 0.764. The molecule has 1 aliphatic heterocycles. The van der Waals surface area contributed by atoms with Crippen LogP contribution in [0.25, 0.3) is 6.08 Å². The minimum atomic E-state index is -0.325. The van der Waals surface area contributed by atoms with Gasteiger partial charge in [0.05, 0.1) is 23.1 Å². The Morgan fingerprint density at radius 3 is 2.58 bits per heavy atom. The van der Waals surface area contributed by atoms with Crippen LogP contribution in [0.15, 0.2) is 53.4 Å². The van der Waals surface area contributed by atoms with Crippen molar-refractivity contribution in [3.8, 4) is 6.07 Å². The van der Waals surface area contributed by atoms with Gasteiger partial charge in [-0.3, -0.25) is 14.5 Å². The fourth-order valence-corrected chi connectivity index (χ4v) is 3.31. The molecule has 0 spiro atoms. The Balaban J connectivity index is 1.80. The molecule has 2 aromatic rings. The summed E-state index contributed by atoms with van der Waals surface area (Å²) in [5, 5.41) is 9.06. The van der Waals surface area contributed by atoms with Crippen LogP contribution >= 0.6 is 23.4 Å². The maximum absolute atomic E-state index is 12.5. The normalized spacial score (nSPS) is 15.8. The smallest absolute Gasteiger partial charge is 0.268 e. The van der Waals surface area contributed by atoms with Crippen molar-refractivity contribution in [1.29, 1.82) is 5.26 Å². The summed E-state index contributed by atoms with van der Waals surface area (Å²) in [6.45, 7) is 0.190. The van der Waals surface area contributed by atoms with Crippen molar-refractivity contribution in [3.05, 3.63) is 75.1 Å². The van der Waals surface area contributed by atoms with Crippen molar-refractivity contribution in [3.63, 3.8) is 0 Å². The Labute approximate surface area is 148 Å². The highest BCUT2D eigenvalue weighted by Gasteiger charge is 2.34. The molecule has 1 aliphatic rings. The molecule has 0 atom stereocenters. The highest BCUT2D eigenvalue weighted by Crippen LogP contribution is 2.33. The van der Waals surface area contributed by atoms with Gasteiger partial charge in [0.2, 0.25) is 0 Å². The molecule has 1 fully saturated rings. The van der Waals surface area contributed by atoms with E-state index >= 15 is 0 Å². The molecule has 0 N–H and O–H groups in total. The number of rotatable bonds is 3. The third kappa shape index (κ3) is 3.51. The molecule has 1 heterocycles. The van der Waals surface area contributed by atoms with Gasteiger partial charge < -0.3 is 0 Å². The van der Waals surface area contributed by atoms with Crippen molar-refractivity contribution in [2.75, 3.05) is 0 Å². The van der Waals surface area contributed by atoms with E-state index < -0.39 is 0 Å². The van der Waals surface area contributed by atoms with Gasteiger partial charge in [-0.25, -0.2) is 0 Å². The van der Waals surface area contributed by atoms with Gasteiger partial charge in [0.25, 0.3) is 11.1 Å². The summed E-state index contributed by atoms with van der Waals surface area (Å²) in [6.07, 6.45) is 1.66. The molecule has 6 heteroatoms. The van der Waals surface area contributed by atoms with E-state index in [2.05, 4.69) is 0 Å². The first-order valence-electron chi connectivity index (χ1n) is 7.07. The molecule has 0 saturated carbocycles. The van der Waals surface area contributed by atoms with Crippen LogP contribution in [-0.4, -0.2) is 16.0 Å². The number of halogens is 1. The number of carbonyl (C=O) groups excluding carboxylic acids is 2. The second-order valence-corrected chi connectivity index (χ2v) is 6.56. The maximum Gasteiger partial charge on any atom is 0.293 e. The third-order valence-corrected chi connectivity index (χ3v) is 4.58. The van der Waals surface area contributed by atoms with Crippen LogP contribution in [0, 0.1) is 11.3 Å². The summed E-state index contributed by atoms with van der Waals surface area (Å²) < 4.78 is 0. The monoisotopic (exact) mass is 354 g/mol. The Morgan fingerprint density at radius 1 is 1.17 bits per heavy atom. The van der Waals surface area contributed by atoms with E-state index in [0.717, 1.165) is 22.9 Å². The highest BCUT2D eigenvalue weighted by molar-refractivity contribution is 8.18. The third-order valence-electron chi connectivity index (χ3n) is 3.44. The molecule has 2 aromatic carbocycles. The standard InChI is InChI=1S/C18H11ClN2O2S/c19-15-3-1-2-14(8-15)11-21-17(22)16(24-18(21)23)9-12-4-6-13(10-20)7-5-12/h1-9H,11H2/b16-9-. The van der Waals surface area contributed by atoms with Gasteiger partial charge in [0.15, 0.2) is 0 Å². The lowest BCUT2D eigenvalue weighted by molar-refractivity contribution is -0.123. The minimum Gasteiger partial charge on any atom is -0.268 e. The molecule has 0 radical (unpaired) electrons. The largest absolute Gasteiger partial charge is 0.293 e. The molecule has 118 valence electrons. The van der Waals surface area contributed by atoms with E-state index in [9.17, 15) is 9.59 Å². The summed E-state index contributed by atoms with van der Waals surface area (Å²) in [7, 11) is 0. The predicted octanol–water partition coefficient (Wildman–Crippen LogP) is 4.45. The molecule has 4 nitrogen and oxygen atoms in total. The lowest BCUT2D eigenvalue weighted by Crippen LogP contribution is -2.27. The molecule has 0 bridgehead atoms. The summed E-state index contributed by atoms with van der Waals surface area (Å²) in [4.78, 5) is 26.2.